The number of carbonyl (C=O) groups is 1. The highest BCUT2D eigenvalue weighted by Gasteiger charge is 2.54. The summed E-state index contributed by atoms with van der Waals surface area (Å²) in [4.78, 5) is 12.9. The second-order valence-corrected chi connectivity index (χ2v) is 7.91. The first-order valence-electron chi connectivity index (χ1n) is 9.50. The number of hydrogen-bond donors (Lipinski definition) is 1. The van der Waals surface area contributed by atoms with Crippen molar-refractivity contribution in [3.63, 3.8) is 0 Å². The quantitative estimate of drug-likeness (QED) is 0.615. The third kappa shape index (κ3) is 2.32. The minimum absolute atomic E-state index is 0.0330. The molecule has 0 fully saturated rings. The molecule has 3 nitrogen and oxygen atoms in total. The zero-order valence-electron chi connectivity index (χ0n) is 15.9. The molecule has 28 heavy (non-hydrogen) atoms. The molecule has 1 spiro atoms. The fourth-order valence-corrected chi connectivity index (χ4v) is 4.15. The van der Waals surface area contributed by atoms with Crippen LogP contribution in [0.3, 0.4) is 0 Å². The van der Waals surface area contributed by atoms with E-state index in [9.17, 15) is 4.79 Å². The molecule has 0 saturated heterocycles. The molecule has 0 amide bonds. The molecule has 138 valence electrons. The van der Waals surface area contributed by atoms with Gasteiger partial charge in [-0.05, 0) is 55.8 Å². The highest BCUT2D eigenvalue weighted by molar-refractivity contribution is 6.09. The van der Waals surface area contributed by atoms with Crippen molar-refractivity contribution >= 4 is 17.5 Å². The number of para-hydroxylation sites is 1. The Morgan fingerprint density at radius 3 is 2.46 bits per heavy atom. The van der Waals surface area contributed by atoms with Crippen molar-refractivity contribution in [1.29, 1.82) is 0 Å². The molecule has 0 aromatic heterocycles. The Bertz CT molecular complexity index is 1110. The minimum atomic E-state index is -0.682. The maximum atomic E-state index is 12.9. The van der Waals surface area contributed by atoms with Crippen LogP contribution >= 0.6 is 0 Å². The number of nitrogens with one attached hydrogen (secondary N) is 1. The van der Waals surface area contributed by atoms with Gasteiger partial charge in [0.25, 0.3) is 0 Å². The van der Waals surface area contributed by atoms with E-state index in [0.717, 1.165) is 22.6 Å². The molecule has 3 heteroatoms. The molecular formula is C25H21NO2. The number of carbonyl (C=O) groups excluding carboxylic acids is 1. The first kappa shape index (κ1) is 16.8. The number of benzene rings is 3. The number of ether oxygens (including phenoxy) is 1. The lowest BCUT2D eigenvalue weighted by Gasteiger charge is -2.41. The number of anilines is 1. The second kappa shape index (κ2) is 5.83. The summed E-state index contributed by atoms with van der Waals surface area (Å²) in [6.45, 7) is 4.31. The molecule has 3 aromatic carbocycles. The Hall–Kier alpha value is -3.33. The molecule has 1 unspecified atom stereocenters. The van der Waals surface area contributed by atoms with E-state index in [2.05, 4.69) is 31.3 Å². The van der Waals surface area contributed by atoms with Crippen molar-refractivity contribution in [1.82, 2.24) is 0 Å². The maximum Gasteiger partial charge on any atom is 0.209 e. The van der Waals surface area contributed by atoms with Crippen LogP contribution in [0, 0.1) is 0 Å². The zero-order valence-corrected chi connectivity index (χ0v) is 15.9. The van der Waals surface area contributed by atoms with Crippen LogP contribution in [0.1, 0.15) is 40.9 Å². The van der Waals surface area contributed by atoms with Crippen molar-refractivity contribution < 1.29 is 9.53 Å². The van der Waals surface area contributed by atoms with E-state index in [4.69, 9.17) is 4.74 Å². The summed E-state index contributed by atoms with van der Waals surface area (Å²) in [7, 11) is 0. The Morgan fingerprint density at radius 1 is 0.893 bits per heavy atom. The maximum absolute atomic E-state index is 12.9. The minimum Gasteiger partial charge on any atom is -0.463 e. The van der Waals surface area contributed by atoms with Gasteiger partial charge in [0.1, 0.15) is 5.75 Å². The summed E-state index contributed by atoms with van der Waals surface area (Å²) < 4.78 is 6.48. The van der Waals surface area contributed by atoms with Crippen molar-refractivity contribution in [3.05, 3.63) is 101 Å². The SMILES string of the molecule is CC1(C)c2cc(C(=O)c3ccccc3)ccc2NC12C=Cc1ccccc1O2. The van der Waals surface area contributed by atoms with E-state index in [1.165, 1.54) is 0 Å². The molecule has 0 bridgehead atoms. The van der Waals surface area contributed by atoms with Crippen molar-refractivity contribution in [2.75, 3.05) is 5.32 Å². The van der Waals surface area contributed by atoms with Crippen LogP contribution in [0.5, 0.6) is 5.75 Å². The van der Waals surface area contributed by atoms with E-state index in [0.29, 0.717) is 11.1 Å². The van der Waals surface area contributed by atoms with Gasteiger partial charge in [-0.15, -0.1) is 0 Å². The van der Waals surface area contributed by atoms with E-state index in [1.807, 2.05) is 72.8 Å². The van der Waals surface area contributed by atoms with E-state index in [-0.39, 0.29) is 11.2 Å². The average Bonchev–Trinajstić information content (AvgIpc) is 2.94. The fraction of sp³-hybridized carbons (Fsp3) is 0.160. The molecule has 0 radical (unpaired) electrons. The van der Waals surface area contributed by atoms with Crippen LogP contribution < -0.4 is 10.1 Å². The summed E-state index contributed by atoms with van der Waals surface area (Å²) >= 11 is 0. The Labute approximate surface area is 164 Å². The molecule has 0 aliphatic carbocycles. The van der Waals surface area contributed by atoms with Crippen LogP contribution in [0.15, 0.2) is 78.9 Å². The standard InChI is InChI=1S/C25H21NO2/c1-24(2)20-16-19(23(27)18-9-4-3-5-10-18)12-13-21(20)26-25(24)15-14-17-8-6-7-11-22(17)28-25/h3-16,26H,1-2H3. The summed E-state index contributed by atoms with van der Waals surface area (Å²) in [6, 6.07) is 23.3. The van der Waals surface area contributed by atoms with Gasteiger partial charge in [-0.3, -0.25) is 4.79 Å². The molecule has 0 saturated carbocycles. The number of ketones is 1. The largest absolute Gasteiger partial charge is 0.463 e. The van der Waals surface area contributed by atoms with Crippen molar-refractivity contribution in [2.24, 2.45) is 0 Å². The van der Waals surface area contributed by atoms with E-state index < -0.39 is 5.72 Å². The highest BCUT2D eigenvalue weighted by atomic mass is 16.5. The van der Waals surface area contributed by atoms with Gasteiger partial charge in [0.15, 0.2) is 5.78 Å². The predicted octanol–water partition coefficient (Wildman–Crippen LogP) is 5.42. The summed E-state index contributed by atoms with van der Waals surface area (Å²) in [6.07, 6.45) is 4.20. The monoisotopic (exact) mass is 367 g/mol. The van der Waals surface area contributed by atoms with Crippen LogP contribution in [-0.2, 0) is 5.41 Å². The van der Waals surface area contributed by atoms with Gasteiger partial charge in [-0.25, -0.2) is 0 Å². The van der Waals surface area contributed by atoms with Gasteiger partial charge >= 0.3 is 0 Å². The number of fused-ring (bicyclic) bond motifs is 2. The lowest BCUT2D eigenvalue weighted by atomic mass is 9.76. The molecule has 3 aromatic rings. The van der Waals surface area contributed by atoms with Crippen LogP contribution in [0.4, 0.5) is 5.69 Å². The topological polar surface area (TPSA) is 38.3 Å². The van der Waals surface area contributed by atoms with Gasteiger partial charge in [0.2, 0.25) is 5.72 Å². The lowest BCUT2D eigenvalue weighted by molar-refractivity contribution is 0.0822. The van der Waals surface area contributed by atoms with Crippen LogP contribution in [0.25, 0.3) is 6.08 Å². The first-order chi connectivity index (χ1) is 13.5. The predicted molar refractivity (Wildman–Crippen MR) is 112 cm³/mol. The van der Waals surface area contributed by atoms with Gasteiger partial charge in [-0.2, -0.15) is 0 Å². The molecule has 5 rings (SSSR count). The van der Waals surface area contributed by atoms with E-state index in [1.54, 1.807) is 0 Å². The number of hydrogen-bond acceptors (Lipinski definition) is 3. The third-order valence-corrected chi connectivity index (χ3v) is 5.93. The Morgan fingerprint density at radius 2 is 1.64 bits per heavy atom. The molecular weight excluding hydrogens is 346 g/mol. The molecule has 2 aliphatic rings. The average molecular weight is 367 g/mol. The summed E-state index contributed by atoms with van der Waals surface area (Å²) in [5.74, 6) is 0.893. The molecule has 1 N–H and O–H groups in total. The van der Waals surface area contributed by atoms with Gasteiger partial charge in [0, 0.05) is 22.4 Å². The Kier molecular flexibility index (Phi) is 3.50. The van der Waals surface area contributed by atoms with E-state index >= 15 is 0 Å². The summed E-state index contributed by atoms with van der Waals surface area (Å²) in [5.41, 5.74) is 3.50. The molecule has 2 heterocycles. The smallest absolute Gasteiger partial charge is 0.209 e. The first-order valence-corrected chi connectivity index (χ1v) is 9.50. The highest BCUT2D eigenvalue weighted by Crippen LogP contribution is 2.51. The van der Waals surface area contributed by atoms with Crippen molar-refractivity contribution in [3.8, 4) is 5.75 Å². The zero-order chi connectivity index (χ0) is 19.4. The van der Waals surface area contributed by atoms with Crippen LogP contribution in [0.2, 0.25) is 0 Å². The normalized spacial score (nSPS) is 20.8. The van der Waals surface area contributed by atoms with Gasteiger partial charge in [-0.1, -0.05) is 48.5 Å². The summed E-state index contributed by atoms with van der Waals surface area (Å²) in [5, 5.41) is 3.57. The van der Waals surface area contributed by atoms with Crippen LogP contribution in [-0.4, -0.2) is 11.5 Å². The number of rotatable bonds is 2. The van der Waals surface area contributed by atoms with Crippen molar-refractivity contribution in [2.45, 2.75) is 25.0 Å². The third-order valence-electron chi connectivity index (χ3n) is 5.93. The Balaban J connectivity index is 1.56. The molecule has 2 aliphatic heterocycles. The van der Waals surface area contributed by atoms with Gasteiger partial charge < -0.3 is 10.1 Å². The second-order valence-electron chi connectivity index (χ2n) is 7.91. The lowest BCUT2D eigenvalue weighted by Crippen LogP contribution is -2.53. The fourth-order valence-electron chi connectivity index (χ4n) is 4.15. The molecule has 1 atom stereocenters. The van der Waals surface area contributed by atoms with Gasteiger partial charge in [0.05, 0.1) is 5.41 Å².